The van der Waals surface area contributed by atoms with Crippen LogP contribution in [0.5, 0.6) is 0 Å². The van der Waals surface area contributed by atoms with Crippen LogP contribution in [-0.4, -0.2) is 28.7 Å². The standard InChI is InChI=1S/C8H11ClN2OS2/c9-8-11-10-7(14-8)5-13-4-6-2-1-3-12-6/h6H,1-5H2. The van der Waals surface area contributed by atoms with Crippen LogP contribution in [0.1, 0.15) is 17.8 Å². The van der Waals surface area contributed by atoms with Gasteiger partial charge in [-0.15, -0.1) is 10.2 Å². The summed E-state index contributed by atoms with van der Waals surface area (Å²) >= 11 is 8.97. The summed E-state index contributed by atoms with van der Waals surface area (Å²) in [5.41, 5.74) is 0. The molecule has 78 valence electrons. The molecule has 2 rings (SSSR count). The Morgan fingerprint density at radius 3 is 3.14 bits per heavy atom. The van der Waals surface area contributed by atoms with Gasteiger partial charge in [-0.25, -0.2) is 0 Å². The van der Waals surface area contributed by atoms with Crippen molar-refractivity contribution in [3.8, 4) is 0 Å². The summed E-state index contributed by atoms with van der Waals surface area (Å²) in [5.74, 6) is 1.95. The zero-order chi connectivity index (χ0) is 9.80. The normalized spacial score (nSPS) is 21.6. The Morgan fingerprint density at radius 1 is 1.57 bits per heavy atom. The van der Waals surface area contributed by atoms with Crippen LogP contribution in [0.15, 0.2) is 0 Å². The summed E-state index contributed by atoms with van der Waals surface area (Å²) in [7, 11) is 0. The lowest BCUT2D eigenvalue weighted by atomic mass is 10.3. The summed E-state index contributed by atoms with van der Waals surface area (Å²) in [6.07, 6.45) is 2.85. The van der Waals surface area contributed by atoms with Crippen molar-refractivity contribution >= 4 is 34.7 Å². The second kappa shape index (κ2) is 5.30. The highest BCUT2D eigenvalue weighted by Crippen LogP contribution is 2.23. The second-order valence-corrected chi connectivity index (χ2v) is 5.77. The Bertz CT molecular complexity index is 289. The van der Waals surface area contributed by atoms with E-state index in [0.29, 0.717) is 10.6 Å². The predicted octanol–water partition coefficient (Wildman–Crippen LogP) is 2.60. The molecule has 1 fully saturated rings. The van der Waals surface area contributed by atoms with Gasteiger partial charge in [-0.1, -0.05) is 11.3 Å². The van der Waals surface area contributed by atoms with Crippen molar-refractivity contribution < 1.29 is 4.74 Å². The lowest BCUT2D eigenvalue weighted by Gasteiger charge is -2.06. The molecule has 0 spiro atoms. The van der Waals surface area contributed by atoms with Crippen molar-refractivity contribution in [1.29, 1.82) is 0 Å². The van der Waals surface area contributed by atoms with E-state index >= 15 is 0 Å². The Morgan fingerprint density at radius 2 is 2.50 bits per heavy atom. The molecule has 1 saturated heterocycles. The number of ether oxygens (including phenoxy) is 1. The fraction of sp³-hybridized carbons (Fsp3) is 0.750. The summed E-state index contributed by atoms with van der Waals surface area (Å²) in [4.78, 5) is 0. The molecule has 3 nitrogen and oxygen atoms in total. The van der Waals surface area contributed by atoms with Gasteiger partial charge in [0.25, 0.3) is 0 Å². The largest absolute Gasteiger partial charge is 0.377 e. The van der Waals surface area contributed by atoms with E-state index in [4.69, 9.17) is 16.3 Å². The summed E-state index contributed by atoms with van der Waals surface area (Å²) < 4.78 is 6.04. The van der Waals surface area contributed by atoms with Crippen molar-refractivity contribution in [2.45, 2.75) is 24.7 Å². The molecule has 1 unspecified atom stereocenters. The van der Waals surface area contributed by atoms with Crippen LogP contribution in [0.25, 0.3) is 0 Å². The molecule has 0 N–H and O–H groups in total. The summed E-state index contributed by atoms with van der Waals surface area (Å²) in [5, 5.41) is 8.71. The highest BCUT2D eigenvalue weighted by molar-refractivity contribution is 7.98. The number of hydrogen-bond donors (Lipinski definition) is 0. The molecule has 0 bridgehead atoms. The van der Waals surface area contributed by atoms with Gasteiger partial charge >= 0.3 is 0 Å². The van der Waals surface area contributed by atoms with Gasteiger partial charge in [0.1, 0.15) is 5.01 Å². The lowest BCUT2D eigenvalue weighted by Crippen LogP contribution is -2.07. The van der Waals surface area contributed by atoms with Crippen LogP contribution < -0.4 is 0 Å². The molecule has 1 atom stereocenters. The van der Waals surface area contributed by atoms with E-state index in [1.807, 2.05) is 11.8 Å². The summed E-state index contributed by atoms with van der Waals surface area (Å²) in [6.45, 7) is 0.926. The first-order valence-electron chi connectivity index (χ1n) is 4.52. The first kappa shape index (κ1) is 10.7. The number of nitrogens with zero attached hydrogens (tertiary/aromatic N) is 2. The smallest absolute Gasteiger partial charge is 0.207 e. The predicted molar refractivity (Wildman–Crippen MR) is 60.1 cm³/mol. The first-order valence-corrected chi connectivity index (χ1v) is 6.87. The van der Waals surface area contributed by atoms with Crippen LogP contribution in [0.3, 0.4) is 0 Å². The SMILES string of the molecule is Clc1nnc(CSCC2CCCO2)s1. The quantitative estimate of drug-likeness (QED) is 0.823. The number of rotatable bonds is 4. The number of thioether (sulfide) groups is 1. The lowest BCUT2D eigenvalue weighted by molar-refractivity contribution is 0.129. The van der Waals surface area contributed by atoms with Gasteiger partial charge in [0.15, 0.2) is 0 Å². The highest BCUT2D eigenvalue weighted by Gasteiger charge is 2.15. The second-order valence-electron chi connectivity index (χ2n) is 3.10. The van der Waals surface area contributed by atoms with Crippen molar-refractivity contribution in [3.63, 3.8) is 0 Å². The van der Waals surface area contributed by atoms with E-state index in [2.05, 4.69) is 10.2 Å². The molecule has 0 aliphatic carbocycles. The van der Waals surface area contributed by atoms with E-state index < -0.39 is 0 Å². The van der Waals surface area contributed by atoms with Crippen molar-refractivity contribution in [1.82, 2.24) is 10.2 Å². The molecular weight excluding hydrogens is 240 g/mol. The molecule has 2 heterocycles. The van der Waals surface area contributed by atoms with Crippen molar-refractivity contribution in [2.75, 3.05) is 12.4 Å². The van der Waals surface area contributed by atoms with E-state index in [-0.39, 0.29) is 0 Å². The molecule has 1 aromatic rings. The van der Waals surface area contributed by atoms with Crippen molar-refractivity contribution in [2.24, 2.45) is 0 Å². The number of aromatic nitrogens is 2. The minimum absolute atomic E-state index is 0.448. The summed E-state index contributed by atoms with van der Waals surface area (Å²) in [6, 6.07) is 0. The van der Waals surface area contributed by atoms with Crippen LogP contribution in [-0.2, 0) is 10.5 Å². The maximum atomic E-state index is 5.68. The van der Waals surface area contributed by atoms with Gasteiger partial charge in [0, 0.05) is 18.1 Å². The van der Waals surface area contributed by atoms with E-state index in [0.717, 1.165) is 23.1 Å². The molecule has 0 aromatic carbocycles. The molecule has 0 radical (unpaired) electrons. The molecule has 6 heteroatoms. The van der Waals surface area contributed by atoms with Crippen molar-refractivity contribution in [3.05, 3.63) is 9.47 Å². The van der Waals surface area contributed by atoms with E-state index in [9.17, 15) is 0 Å². The molecule has 0 saturated carbocycles. The Labute approximate surface area is 96.2 Å². The molecule has 0 amide bonds. The van der Waals surface area contributed by atoms with E-state index in [1.165, 1.54) is 24.2 Å². The Balaban J connectivity index is 1.67. The molecule has 1 aromatic heterocycles. The molecule has 1 aliphatic rings. The third kappa shape index (κ3) is 3.08. The minimum Gasteiger partial charge on any atom is -0.377 e. The van der Waals surface area contributed by atoms with Gasteiger partial charge in [-0.3, -0.25) is 0 Å². The maximum absolute atomic E-state index is 5.68. The van der Waals surface area contributed by atoms with Crippen LogP contribution in [0, 0.1) is 0 Å². The fourth-order valence-corrected chi connectivity index (χ4v) is 3.37. The third-order valence-corrected chi connectivity index (χ3v) is 4.28. The van der Waals surface area contributed by atoms with Crippen LogP contribution >= 0.6 is 34.7 Å². The van der Waals surface area contributed by atoms with Crippen LogP contribution in [0.4, 0.5) is 0 Å². The Kier molecular flexibility index (Phi) is 4.04. The Hall–Kier alpha value is 0.160. The third-order valence-electron chi connectivity index (χ3n) is 2.00. The molecular formula is C8H11ClN2OS2. The van der Waals surface area contributed by atoms with Gasteiger partial charge in [-0.05, 0) is 24.4 Å². The van der Waals surface area contributed by atoms with Gasteiger partial charge < -0.3 is 4.74 Å². The average molecular weight is 251 g/mol. The van der Waals surface area contributed by atoms with E-state index in [1.54, 1.807) is 0 Å². The first-order chi connectivity index (χ1) is 6.84. The molecule has 1 aliphatic heterocycles. The van der Waals surface area contributed by atoms with Gasteiger partial charge in [0.2, 0.25) is 4.47 Å². The monoisotopic (exact) mass is 250 g/mol. The molecule has 14 heavy (non-hydrogen) atoms. The average Bonchev–Trinajstić information content (AvgIpc) is 2.77. The zero-order valence-electron chi connectivity index (χ0n) is 7.61. The minimum atomic E-state index is 0.448. The zero-order valence-corrected chi connectivity index (χ0v) is 10.00. The van der Waals surface area contributed by atoms with Crippen LogP contribution in [0.2, 0.25) is 4.47 Å². The topological polar surface area (TPSA) is 35.0 Å². The van der Waals surface area contributed by atoms with Gasteiger partial charge in [0.05, 0.1) is 6.10 Å². The fourth-order valence-electron chi connectivity index (χ4n) is 1.34. The maximum Gasteiger partial charge on any atom is 0.207 e. The number of halogens is 1. The number of hydrogen-bond acceptors (Lipinski definition) is 5. The van der Waals surface area contributed by atoms with Gasteiger partial charge in [-0.2, -0.15) is 11.8 Å². The highest BCUT2D eigenvalue weighted by atomic mass is 35.5.